The molecule has 0 aliphatic rings. The lowest BCUT2D eigenvalue weighted by atomic mass is 10.2. The van der Waals surface area contributed by atoms with Crippen LogP contribution in [0.15, 0.2) is 48.0 Å². The van der Waals surface area contributed by atoms with Crippen LogP contribution in [0.2, 0.25) is 5.15 Å². The van der Waals surface area contributed by atoms with E-state index in [1.807, 2.05) is 11.6 Å². The molecule has 116 valence electrons. The Bertz CT molecular complexity index is 885. The minimum absolute atomic E-state index is 0.314. The first kappa shape index (κ1) is 15.3. The average Bonchev–Trinajstić information content (AvgIpc) is 3.12. The maximum Gasteiger partial charge on any atom is 0.269 e. The van der Waals surface area contributed by atoms with Crippen molar-refractivity contribution >= 4 is 45.8 Å². The molecule has 0 radical (unpaired) electrons. The van der Waals surface area contributed by atoms with Gasteiger partial charge in [-0.15, -0.1) is 11.3 Å². The van der Waals surface area contributed by atoms with Crippen molar-refractivity contribution in [2.24, 2.45) is 0 Å². The van der Waals surface area contributed by atoms with Gasteiger partial charge >= 0.3 is 0 Å². The topological polar surface area (TPSA) is 75.5 Å². The van der Waals surface area contributed by atoms with E-state index in [0.29, 0.717) is 16.4 Å². The number of halogens is 1. The Morgan fingerprint density at radius 1 is 1.22 bits per heavy atom. The SMILES string of the molecule is O=C(/C=C/c1c(Cl)nc2sccn12)NNC(=O)c1ccccc1. The lowest BCUT2D eigenvalue weighted by Gasteiger charge is -2.04. The first-order valence-corrected chi connectivity index (χ1v) is 7.85. The van der Waals surface area contributed by atoms with Gasteiger partial charge in [0.2, 0.25) is 0 Å². The van der Waals surface area contributed by atoms with Crippen molar-refractivity contribution < 1.29 is 9.59 Å². The highest BCUT2D eigenvalue weighted by molar-refractivity contribution is 7.15. The summed E-state index contributed by atoms with van der Waals surface area (Å²) in [5.74, 6) is -0.870. The highest BCUT2D eigenvalue weighted by atomic mass is 35.5. The van der Waals surface area contributed by atoms with Crippen molar-refractivity contribution in [1.82, 2.24) is 20.2 Å². The highest BCUT2D eigenvalue weighted by Crippen LogP contribution is 2.22. The van der Waals surface area contributed by atoms with Gasteiger partial charge in [0.15, 0.2) is 10.1 Å². The van der Waals surface area contributed by atoms with Crippen LogP contribution in [0, 0.1) is 0 Å². The molecule has 0 fully saturated rings. The zero-order chi connectivity index (χ0) is 16.2. The normalized spacial score (nSPS) is 11.0. The quantitative estimate of drug-likeness (QED) is 0.565. The summed E-state index contributed by atoms with van der Waals surface area (Å²) in [7, 11) is 0. The number of hydrogen-bond donors (Lipinski definition) is 2. The van der Waals surface area contributed by atoms with Gasteiger partial charge in [-0.25, -0.2) is 4.98 Å². The van der Waals surface area contributed by atoms with Crippen LogP contribution in [0.25, 0.3) is 11.0 Å². The molecule has 3 rings (SSSR count). The van der Waals surface area contributed by atoms with E-state index in [2.05, 4.69) is 15.8 Å². The number of thiazole rings is 1. The maximum absolute atomic E-state index is 11.8. The number of hydrogen-bond acceptors (Lipinski definition) is 4. The highest BCUT2D eigenvalue weighted by Gasteiger charge is 2.09. The number of carbonyl (C=O) groups excluding carboxylic acids is 2. The molecule has 0 atom stereocenters. The summed E-state index contributed by atoms with van der Waals surface area (Å²) in [5, 5.41) is 2.19. The van der Waals surface area contributed by atoms with Crippen LogP contribution < -0.4 is 10.9 Å². The van der Waals surface area contributed by atoms with Gasteiger partial charge < -0.3 is 0 Å². The third kappa shape index (κ3) is 3.41. The number of amides is 2. The molecule has 0 bridgehead atoms. The second-order valence-electron chi connectivity index (χ2n) is 4.49. The number of aromatic nitrogens is 2. The van der Waals surface area contributed by atoms with E-state index in [1.54, 1.807) is 40.8 Å². The second-order valence-corrected chi connectivity index (χ2v) is 5.72. The number of fused-ring (bicyclic) bond motifs is 1. The minimum Gasteiger partial charge on any atom is -0.289 e. The summed E-state index contributed by atoms with van der Waals surface area (Å²) in [4.78, 5) is 28.5. The first-order valence-electron chi connectivity index (χ1n) is 6.59. The molecule has 6 nitrogen and oxygen atoms in total. The predicted octanol–water partition coefficient (Wildman–Crippen LogP) is 2.52. The Morgan fingerprint density at radius 2 is 2.00 bits per heavy atom. The van der Waals surface area contributed by atoms with Gasteiger partial charge in [-0.1, -0.05) is 29.8 Å². The molecule has 3 aromatic rings. The molecule has 0 spiro atoms. The van der Waals surface area contributed by atoms with Crippen molar-refractivity contribution in [2.75, 3.05) is 0 Å². The molecule has 2 amide bonds. The van der Waals surface area contributed by atoms with E-state index < -0.39 is 11.8 Å². The average molecular weight is 347 g/mol. The molecule has 0 saturated heterocycles. The number of nitrogens with zero attached hydrogens (tertiary/aromatic N) is 2. The standard InChI is InChI=1S/C15H11ClN4O2S/c16-13-11(20-8-9-23-15(20)17-13)6-7-12(21)18-19-14(22)10-4-2-1-3-5-10/h1-9H,(H,18,21)(H,19,22)/b7-6+. The molecule has 2 N–H and O–H groups in total. The molecule has 1 aromatic carbocycles. The van der Waals surface area contributed by atoms with E-state index in [9.17, 15) is 9.59 Å². The van der Waals surface area contributed by atoms with Gasteiger partial charge in [0.1, 0.15) is 0 Å². The lowest BCUT2D eigenvalue weighted by Crippen LogP contribution is -2.40. The number of imidazole rings is 1. The Kier molecular flexibility index (Phi) is 4.40. The molecule has 0 saturated carbocycles. The van der Waals surface area contributed by atoms with Crippen LogP contribution in [-0.4, -0.2) is 21.2 Å². The molecule has 0 aliphatic heterocycles. The smallest absolute Gasteiger partial charge is 0.269 e. The maximum atomic E-state index is 11.8. The fourth-order valence-electron chi connectivity index (χ4n) is 1.90. The van der Waals surface area contributed by atoms with Gasteiger partial charge in [0.25, 0.3) is 11.8 Å². The monoisotopic (exact) mass is 346 g/mol. The van der Waals surface area contributed by atoms with Gasteiger partial charge in [-0.2, -0.15) is 0 Å². The van der Waals surface area contributed by atoms with E-state index in [1.165, 1.54) is 17.4 Å². The summed E-state index contributed by atoms with van der Waals surface area (Å²) >= 11 is 7.47. The van der Waals surface area contributed by atoms with E-state index >= 15 is 0 Å². The first-order chi connectivity index (χ1) is 11.1. The van der Waals surface area contributed by atoms with E-state index in [4.69, 9.17) is 11.6 Å². The van der Waals surface area contributed by atoms with Crippen LogP contribution in [0.4, 0.5) is 0 Å². The summed E-state index contributed by atoms with van der Waals surface area (Å²) in [5.41, 5.74) is 5.70. The molecular weight excluding hydrogens is 336 g/mol. The van der Waals surface area contributed by atoms with Gasteiger partial charge in [-0.05, 0) is 18.2 Å². The summed E-state index contributed by atoms with van der Waals surface area (Å²) in [6.45, 7) is 0. The summed E-state index contributed by atoms with van der Waals surface area (Å²) in [6.07, 6.45) is 4.63. The molecule has 23 heavy (non-hydrogen) atoms. The van der Waals surface area contributed by atoms with Gasteiger partial charge in [0.05, 0.1) is 5.69 Å². The molecule has 2 aromatic heterocycles. The van der Waals surface area contributed by atoms with Crippen LogP contribution in [0.3, 0.4) is 0 Å². The van der Waals surface area contributed by atoms with Crippen molar-refractivity contribution in [3.05, 3.63) is 64.4 Å². The van der Waals surface area contributed by atoms with Crippen molar-refractivity contribution in [3.63, 3.8) is 0 Å². The van der Waals surface area contributed by atoms with Crippen molar-refractivity contribution in [3.8, 4) is 0 Å². The summed E-state index contributed by atoms with van der Waals surface area (Å²) in [6, 6.07) is 8.58. The Balaban J connectivity index is 1.62. The minimum atomic E-state index is -0.476. The van der Waals surface area contributed by atoms with Crippen LogP contribution >= 0.6 is 22.9 Å². The molecule has 0 aliphatic carbocycles. The van der Waals surface area contributed by atoms with Gasteiger partial charge in [-0.3, -0.25) is 24.8 Å². The Labute approximate surface area is 140 Å². The zero-order valence-electron chi connectivity index (χ0n) is 11.7. The fraction of sp³-hybridized carbons (Fsp3) is 0. The van der Waals surface area contributed by atoms with Gasteiger partial charge in [0, 0.05) is 23.2 Å². The van der Waals surface area contributed by atoms with E-state index in [-0.39, 0.29) is 0 Å². The number of nitrogens with one attached hydrogen (secondary N) is 2. The fourth-order valence-corrected chi connectivity index (χ4v) is 2.91. The third-order valence-electron chi connectivity index (χ3n) is 2.98. The van der Waals surface area contributed by atoms with Crippen molar-refractivity contribution in [1.29, 1.82) is 0 Å². The zero-order valence-corrected chi connectivity index (χ0v) is 13.3. The summed E-state index contributed by atoms with van der Waals surface area (Å²) < 4.78 is 1.78. The largest absolute Gasteiger partial charge is 0.289 e. The molecule has 0 unspecified atom stereocenters. The Hall–Kier alpha value is -2.64. The van der Waals surface area contributed by atoms with Crippen LogP contribution in [0.5, 0.6) is 0 Å². The van der Waals surface area contributed by atoms with Crippen LogP contribution in [0.1, 0.15) is 16.1 Å². The van der Waals surface area contributed by atoms with Crippen molar-refractivity contribution in [2.45, 2.75) is 0 Å². The predicted molar refractivity (Wildman–Crippen MR) is 89.2 cm³/mol. The number of carbonyl (C=O) groups is 2. The third-order valence-corrected chi connectivity index (χ3v) is 4.02. The lowest BCUT2D eigenvalue weighted by molar-refractivity contribution is -0.117. The molecular formula is C15H11ClN4O2S. The van der Waals surface area contributed by atoms with Crippen LogP contribution in [-0.2, 0) is 4.79 Å². The Morgan fingerprint density at radius 3 is 2.78 bits per heavy atom. The second kappa shape index (κ2) is 6.64. The van der Waals surface area contributed by atoms with E-state index in [0.717, 1.165) is 4.96 Å². The molecule has 8 heteroatoms. The number of hydrazine groups is 1. The number of rotatable bonds is 3. The number of benzene rings is 1. The molecule has 2 heterocycles.